The fraction of sp³-hybridized carbons (Fsp3) is 0.208. The van der Waals surface area contributed by atoms with Crippen molar-refractivity contribution >= 4 is 17.6 Å². The van der Waals surface area contributed by atoms with Crippen LogP contribution in [0, 0.1) is 19.7 Å². The van der Waals surface area contributed by atoms with E-state index in [1.54, 1.807) is 18.2 Å². The minimum Gasteiger partial charge on any atom is -0.506 e. The predicted octanol–water partition coefficient (Wildman–Crippen LogP) is 3.63. The minimum absolute atomic E-state index is 0.0713. The summed E-state index contributed by atoms with van der Waals surface area (Å²) in [6.07, 6.45) is -1.43. The molecular formula is C24H23FN2O5. The van der Waals surface area contributed by atoms with Crippen LogP contribution < -0.4 is 5.32 Å². The Morgan fingerprint density at radius 2 is 1.69 bits per heavy atom. The molecule has 8 heteroatoms. The normalized spacial score (nSPS) is 11.8. The van der Waals surface area contributed by atoms with E-state index in [9.17, 15) is 24.2 Å². The number of rotatable bonds is 7. The summed E-state index contributed by atoms with van der Waals surface area (Å²) in [5.74, 6) is -2.41. The smallest absolute Gasteiger partial charge is 0.312 e. The highest BCUT2D eigenvalue weighted by Crippen LogP contribution is 2.29. The Morgan fingerprint density at radius 1 is 1.06 bits per heavy atom. The number of aliphatic hydroxyl groups is 1. The molecule has 7 nitrogen and oxygen atoms in total. The summed E-state index contributed by atoms with van der Waals surface area (Å²) in [6, 6.07) is 11.9. The van der Waals surface area contributed by atoms with E-state index >= 15 is 0 Å². The van der Waals surface area contributed by atoms with Gasteiger partial charge in [0.2, 0.25) is 5.91 Å². The standard InChI is InChI=1S/C24H23FN2O5/c1-13-9-18(26-21(29)12-22(30)31)10-14(2)19(13)11-17-7-8-20(28)23(27-17)24(32)15-3-5-16(25)6-4-15/h3-10,24,28,32H,11-12H2,1-2H3,(H,26,29)(H,30,31). The fourth-order valence-corrected chi connectivity index (χ4v) is 3.48. The number of aliphatic hydroxyl groups excluding tert-OH is 1. The van der Waals surface area contributed by atoms with Gasteiger partial charge in [0.25, 0.3) is 0 Å². The van der Waals surface area contributed by atoms with Crippen molar-refractivity contribution in [1.29, 1.82) is 0 Å². The zero-order valence-corrected chi connectivity index (χ0v) is 17.6. The summed E-state index contributed by atoms with van der Waals surface area (Å²) in [5, 5.41) is 32.1. The first kappa shape index (κ1) is 22.9. The van der Waals surface area contributed by atoms with E-state index in [0.717, 1.165) is 16.7 Å². The molecule has 166 valence electrons. The molecule has 0 spiro atoms. The first-order chi connectivity index (χ1) is 15.1. The van der Waals surface area contributed by atoms with Gasteiger partial charge in [0.05, 0.1) is 0 Å². The van der Waals surface area contributed by atoms with Crippen molar-refractivity contribution in [2.24, 2.45) is 0 Å². The number of aryl methyl sites for hydroxylation is 2. The number of carbonyl (C=O) groups is 2. The van der Waals surface area contributed by atoms with Crippen molar-refractivity contribution in [3.05, 3.63) is 88.0 Å². The number of halogens is 1. The second-order valence-corrected chi connectivity index (χ2v) is 7.55. The Labute approximate surface area is 184 Å². The lowest BCUT2D eigenvalue weighted by molar-refractivity contribution is -0.139. The Hall–Kier alpha value is -3.78. The van der Waals surface area contributed by atoms with Gasteiger partial charge in [-0.25, -0.2) is 4.39 Å². The van der Waals surface area contributed by atoms with E-state index in [2.05, 4.69) is 10.3 Å². The molecule has 0 radical (unpaired) electrons. The monoisotopic (exact) mass is 438 g/mol. The number of nitrogens with one attached hydrogen (secondary N) is 1. The number of carboxylic acid groups (broad SMARTS) is 1. The highest BCUT2D eigenvalue weighted by molar-refractivity contribution is 6.01. The van der Waals surface area contributed by atoms with Crippen LogP contribution >= 0.6 is 0 Å². The van der Waals surface area contributed by atoms with E-state index in [1.807, 2.05) is 13.8 Å². The van der Waals surface area contributed by atoms with Gasteiger partial charge in [0, 0.05) is 17.8 Å². The van der Waals surface area contributed by atoms with Crippen molar-refractivity contribution in [3.63, 3.8) is 0 Å². The summed E-state index contributed by atoms with van der Waals surface area (Å²) in [4.78, 5) is 26.8. The SMILES string of the molecule is Cc1cc(NC(=O)CC(=O)O)cc(C)c1Cc1ccc(O)c(C(O)c2ccc(F)cc2)n1. The lowest BCUT2D eigenvalue weighted by Gasteiger charge is -2.16. The number of nitrogens with zero attached hydrogens (tertiary/aromatic N) is 1. The number of aliphatic carboxylic acids is 1. The summed E-state index contributed by atoms with van der Waals surface area (Å²) in [5.41, 5.74) is 4.26. The molecule has 3 rings (SSSR count). The van der Waals surface area contributed by atoms with Gasteiger partial charge in [-0.15, -0.1) is 0 Å². The van der Waals surface area contributed by atoms with Crippen LogP contribution in [0.2, 0.25) is 0 Å². The van der Waals surface area contributed by atoms with E-state index in [4.69, 9.17) is 5.11 Å². The summed E-state index contributed by atoms with van der Waals surface area (Å²) >= 11 is 0. The number of aromatic nitrogens is 1. The minimum atomic E-state index is -1.22. The number of amides is 1. The zero-order chi connectivity index (χ0) is 23.4. The quantitative estimate of drug-likeness (QED) is 0.418. The molecule has 4 N–H and O–H groups in total. The van der Waals surface area contributed by atoms with Gasteiger partial charge >= 0.3 is 5.97 Å². The second-order valence-electron chi connectivity index (χ2n) is 7.55. The highest BCUT2D eigenvalue weighted by Gasteiger charge is 2.18. The largest absolute Gasteiger partial charge is 0.506 e. The van der Waals surface area contributed by atoms with Crippen LogP contribution in [0.25, 0.3) is 0 Å². The molecule has 0 aliphatic heterocycles. The molecule has 3 aromatic rings. The van der Waals surface area contributed by atoms with E-state index < -0.39 is 30.2 Å². The first-order valence-corrected chi connectivity index (χ1v) is 9.88. The lowest BCUT2D eigenvalue weighted by atomic mass is 9.96. The number of carbonyl (C=O) groups excluding carboxylic acids is 1. The molecule has 1 unspecified atom stereocenters. The first-order valence-electron chi connectivity index (χ1n) is 9.88. The van der Waals surface area contributed by atoms with Crippen LogP contribution in [0.5, 0.6) is 5.75 Å². The Kier molecular flexibility index (Phi) is 6.85. The Balaban J connectivity index is 1.84. The Morgan fingerprint density at radius 3 is 2.28 bits per heavy atom. The van der Waals surface area contributed by atoms with E-state index in [-0.39, 0.29) is 11.4 Å². The van der Waals surface area contributed by atoms with Crippen LogP contribution in [0.3, 0.4) is 0 Å². The molecule has 0 fully saturated rings. The van der Waals surface area contributed by atoms with Gasteiger partial charge in [-0.2, -0.15) is 0 Å². The van der Waals surface area contributed by atoms with Gasteiger partial charge in [-0.1, -0.05) is 12.1 Å². The van der Waals surface area contributed by atoms with Crippen molar-refractivity contribution in [1.82, 2.24) is 4.98 Å². The third-order valence-corrected chi connectivity index (χ3v) is 5.05. The number of aromatic hydroxyl groups is 1. The van der Waals surface area contributed by atoms with Crippen molar-refractivity contribution in [3.8, 4) is 5.75 Å². The lowest BCUT2D eigenvalue weighted by Crippen LogP contribution is -2.16. The summed E-state index contributed by atoms with van der Waals surface area (Å²) in [7, 11) is 0. The molecular weight excluding hydrogens is 415 g/mol. The molecule has 0 bridgehead atoms. The van der Waals surface area contributed by atoms with E-state index in [1.165, 1.54) is 30.3 Å². The molecule has 1 aromatic heterocycles. The van der Waals surface area contributed by atoms with Crippen LogP contribution in [-0.2, 0) is 16.0 Å². The zero-order valence-electron chi connectivity index (χ0n) is 17.6. The van der Waals surface area contributed by atoms with Crippen LogP contribution in [0.15, 0.2) is 48.5 Å². The highest BCUT2D eigenvalue weighted by atomic mass is 19.1. The third kappa shape index (κ3) is 5.47. The van der Waals surface area contributed by atoms with Crippen molar-refractivity contribution in [2.75, 3.05) is 5.32 Å². The molecule has 1 atom stereocenters. The molecule has 0 saturated heterocycles. The predicted molar refractivity (Wildman–Crippen MR) is 116 cm³/mol. The van der Waals surface area contributed by atoms with Gasteiger partial charge in [0.15, 0.2) is 0 Å². The average molecular weight is 438 g/mol. The van der Waals surface area contributed by atoms with Gasteiger partial charge in [-0.05, 0) is 72.5 Å². The number of pyridine rings is 1. The topological polar surface area (TPSA) is 120 Å². The number of carboxylic acids is 1. The summed E-state index contributed by atoms with van der Waals surface area (Å²) in [6.45, 7) is 3.73. The average Bonchev–Trinajstić information content (AvgIpc) is 2.71. The molecule has 0 aliphatic carbocycles. The van der Waals surface area contributed by atoms with Crippen LogP contribution in [-0.4, -0.2) is 32.2 Å². The molecule has 32 heavy (non-hydrogen) atoms. The molecule has 2 aromatic carbocycles. The number of hydrogen-bond donors (Lipinski definition) is 4. The maximum Gasteiger partial charge on any atom is 0.312 e. The maximum absolute atomic E-state index is 13.2. The van der Waals surface area contributed by atoms with Gasteiger partial charge < -0.3 is 20.6 Å². The number of hydrogen-bond acceptors (Lipinski definition) is 5. The van der Waals surface area contributed by atoms with Crippen molar-refractivity contribution in [2.45, 2.75) is 32.8 Å². The number of benzene rings is 2. The van der Waals surface area contributed by atoms with Crippen LogP contribution in [0.1, 0.15) is 46.2 Å². The number of anilines is 1. The third-order valence-electron chi connectivity index (χ3n) is 5.05. The molecule has 0 aliphatic rings. The second kappa shape index (κ2) is 9.57. The molecule has 1 heterocycles. The van der Waals surface area contributed by atoms with Gasteiger partial charge in [0.1, 0.15) is 29.8 Å². The Bertz CT molecular complexity index is 1140. The molecule has 0 saturated carbocycles. The van der Waals surface area contributed by atoms with Crippen molar-refractivity contribution < 1.29 is 29.3 Å². The van der Waals surface area contributed by atoms with Gasteiger partial charge in [-0.3, -0.25) is 14.6 Å². The van der Waals surface area contributed by atoms with E-state index in [0.29, 0.717) is 23.4 Å². The van der Waals surface area contributed by atoms with Crippen LogP contribution in [0.4, 0.5) is 10.1 Å². The maximum atomic E-state index is 13.2. The fourth-order valence-electron chi connectivity index (χ4n) is 3.48. The molecule has 1 amide bonds. The summed E-state index contributed by atoms with van der Waals surface area (Å²) < 4.78 is 13.2.